The lowest BCUT2D eigenvalue weighted by Crippen LogP contribution is -1.99. The highest BCUT2D eigenvalue weighted by atomic mass is 15.0. The molecule has 0 bridgehead atoms. The molecule has 0 spiro atoms. The molecule has 53 heavy (non-hydrogen) atoms. The molecule has 246 valence electrons. The maximum atomic E-state index is 5.30. The highest BCUT2D eigenvalue weighted by Crippen LogP contribution is 2.45. The maximum absolute atomic E-state index is 5.30. The molecule has 3 nitrogen and oxygen atoms in total. The van der Waals surface area contributed by atoms with Crippen molar-refractivity contribution in [3.63, 3.8) is 0 Å². The van der Waals surface area contributed by atoms with Crippen LogP contribution in [0.5, 0.6) is 0 Å². The van der Waals surface area contributed by atoms with E-state index in [0.29, 0.717) is 5.82 Å². The Balaban J connectivity index is 1.21. The summed E-state index contributed by atoms with van der Waals surface area (Å²) in [5, 5.41) is 12.4. The van der Waals surface area contributed by atoms with Gasteiger partial charge in [0.05, 0.1) is 22.4 Å². The number of hydrogen-bond acceptors (Lipinski definition) is 2. The first kappa shape index (κ1) is 29.6. The second-order valence-electron chi connectivity index (χ2n) is 13.7. The summed E-state index contributed by atoms with van der Waals surface area (Å²) in [5.41, 5.74) is 8.35. The van der Waals surface area contributed by atoms with Crippen LogP contribution in [0.4, 0.5) is 0 Å². The van der Waals surface area contributed by atoms with Crippen molar-refractivity contribution in [2.24, 2.45) is 0 Å². The van der Waals surface area contributed by atoms with Gasteiger partial charge >= 0.3 is 0 Å². The van der Waals surface area contributed by atoms with E-state index in [2.05, 4.69) is 187 Å². The molecule has 0 radical (unpaired) electrons. The van der Waals surface area contributed by atoms with Crippen LogP contribution in [0.3, 0.4) is 0 Å². The molecule has 0 aliphatic heterocycles. The van der Waals surface area contributed by atoms with Gasteiger partial charge in [-0.1, -0.05) is 164 Å². The SMILES string of the molecule is c1ccc(-c2cc(-c3cccc4ccccc34)nc(-c3cccc(-n4c5ccccc5c5c6c7ccccc7ccc6c6ccccc6c54)c3)n2)cc1. The van der Waals surface area contributed by atoms with Crippen molar-refractivity contribution in [3.05, 3.63) is 188 Å². The predicted octanol–water partition coefficient (Wildman–Crippen LogP) is 13.2. The number of nitrogens with zero attached hydrogens (tertiary/aromatic N) is 3. The van der Waals surface area contributed by atoms with Gasteiger partial charge in [-0.05, 0) is 56.6 Å². The molecule has 11 rings (SSSR count). The zero-order valence-electron chi connectivity index (χ0n) is 28.7. The summed E-state index contributed by atoms with van der Waals surface area (Å²) >= 11 is 0. The number of rotatable bonds is 4. The first-order valence-electron chi connectivity index (χ1n) is 18.1. The second-order valence-corrected chi connectivity index (χ2v) is 13.7. The molecule has 0 fully saturated rings. The van der Waals surface area contributed by atoms with Crippen molar-refractivity contribution < 1.29 is 0 Å². The first-order chi connectivity index (χ1) is 26.3. The van der Waals surface area contributed by atoms with Gasteiger partial charge in [-0.3, -0.25) is 0 Å². The normalized spacial score (nSPS) is 11.8. The Bertz CT molecular complexity index is 3220. The van der Waals surface area contributed by atoms with E-state index in [4.69, 9.17) is 9.97 Å². The minimum Gasteiger partial charge on any atom is -0.309 e. The van der Waals surface area contributed by atoms with Crippen molar-refractivity contribution in [2.45, 2.75) is 0 Å². The third-order valence-corrected chi connectivity index (χ3v) is 10.7. The van der Waals surface area contributed by atoms with Gasteiger partial charge in [-0.2, -0.15) is 0 Å². The summed E-state index contributed by atoms with van der Waals surface area (Å²) in [7, 11) is 0. The number of fused-ring (bicyclic) bond motifs is 11. The van der Waals surface area contributed by atoms with E-state index < -0.39 is 0 Å². The van der Waals surface area contributed by atoms with Crippen LogP contribution < -0.4 is 0 Å². The van der Waals surface area contributed by atoms with Crippen molar-refractivity contribution >= 4 is 64.9 Å². The Hall–Kier alpha value is -7.10. The van der Waals surface area contributed by atoms with Crippen molar-refractivity contribution in [3.8, 4) is 39.6 Å². The van der Waals surface area contributed by atoms with Gasteiger partial charge in [-0.25, -0.2) is 9.97 Å². The van der Waals surface area contributed by atoms with Gasteiger partial charge in [-0.15, -0.1) is 0 Å². The number of hydrogen-bond donors (Lipinski definition) is 0. The quantitative estimate of drug-likeness (QED) is 0.174. The Kier molecular flexibility index (Phi) is 6.55. The lowest BCUT2D eigenvalue weighted by Gasteiger charge is -2.15. The van der Waals surface area contributed by atoms with Crippen molar-refractivity contribution in [2.75, 3.05) is 0 Å². The fraction of sp³-hybridized carbons (Fsp3) is 0. The fourth-order valence-corrected chi connectivity index (χ4v) is 8.41. The van der Waals surface area contributed by atoms with E-state index in [1.165, 1.54) is 64.9 Å². The molecule has 11 aromatic rings. The Morgan fingerprint density at radius 1 is 0.358 bits per heavy atom. The molecule has 0 atom stereocenters. The van der Waals surface area contributed by atoms with E-state index in [-0.39, 0.29) is 0 Å². The lowest BCUT2D eigenvalue weighted by molar-refractivity contribution is 1.16. The highest BCUT2D eigenvalue weighted by molar-refractivity contribution is 6.36. The molecular formula is C50H31N3. The molecule has 3 heteroatoms. The number of para-hydroxylation sites is 1. The summed E-state index contributed by atoms with van der Waals surface area (Å²) in [5.74, 6) is 0.693. The van der Waals surface area contributed by atoms with E-state index in [1.54, 1.807) is 0 Å². The standard InChI is InChI=1S/C50H31N3/c1-2-16-34(17-3-1)44-31-45(40-26-13-18-32-14-4-6-21-37(32)40)52-50(51-44)35-19-12-20-36(30-35)53-46-27-11-10-25-43(46)48-47-38-22-7-5-15-33(38)28-29-41(47)39-23-8-9-24-42(39)49(48)53/h1-31H. The van der Waals surface area contributed by atoms with E-state index in [9.17, 15) is 0 Å². The van der Waals surface area contributed by atoms with Crippen LogP contribution >= 0.6 is 0 Å². The summed E-state index contributed by atoms with van der Waals surface area (Å²) in [6.07, 6.45) is 0. The average molecular weight is 674 g/mol. The zero-order valence-corrected chi connectivity index (χ0v) is 28.7. The van der Waals surface area contributed by atoms with Gasteiger partial charge in [0.1, 0.15) is 0 Å². The van der Waals surface area contributed by atoms with Crippen LogP contribution in [0.25, 0.3) is 104 Å². The van der Waals surface area contributed by atoms with E-state index in [0.717, 1.165) is 33.8 Å². The van der Waals surface area contributed by atoms with Crippen LogP contribution in [0.1, 0.15) is 0 Å². The average Bonchev–Trinajstić information content (AvgIpc) is 3.59. The molecule has 0 unspecified atom stereocenters. The van der Waals surface area contributed by atoms with E-state index in [1.807, 2.05) is 6.07 Å². The van der Waals surface area contributed by atoms with Gasteiger partial charge in [0.25, 0.3) is 0 Å². The van der Waals surface area contributed by atoms with Crippen LogP contribution in [0.15, 0.2) is 188 Å². The molecular weight excluding hydrogens is 643 g/mol. The summed E-state index contributed by atoms with van der Waals surface area (Å²) in [4.78, 5) is 10.5. The van der Waals surface area contributed by atoms with Gasteiger partial charge in [0.2, 0.25) is 0 Å². The minimum atomic E-state index is 0.693. The third-order valence-electron chi connectivity index (χ3n) is 10.7. The molecule has 0 aliphatic carbocycles. The monoisotopic (exact) mass is 673 g/mol. The molecule has 9 aromatic carbocycles. The fourth-order valence-electron chi connectivity index (χ4n) is 8.41. The molecule has 0 saturated heterocycles. The topological polar surface area (TPSA) is 30.7 Å². The highest BCUT2D eigenvalue weighted by Gasteiger charge is 2.21. The van der Waals surface area contributed by atoms with Gasteiger partial charge in [0, 0.05) is 43.9 Å². The maximum Gasteiger partial charge on any atom is 0.160 e. The largest absolute Gasteiger partial charge is 0.309 e. The van der Waals surface area contributed by atoms with Crippen molar-refractivity contribution in [1.82, 2.24) is 14.5 Å². The Morgan fingerprint density at radius 3 is 1.83 bits per heavy atom. The molecule has 2 heterocycles. The molecule has 0 aliphatic rings. The second kappa shape index (κ2) is 11.7. The first-order valence-corrected chi connectivity index (χ1v) is 18.1. The predicted molar refractivity (Wildman–Crippen MR) is 223 cm³/mol. The van der Waals surface area contributed by atoms with Gasteiger partial charge in [0.15, 0.2) is 5.82 Å². The number of aromatic nitrogens is 3. The van der Waals surface area contributed by atoms with Gasteiger partial charge < -0.3 is 4.57 Å². The Morgan fingerprint density at radius 2 is 0.981 bits per heavy atom. The van der Waals surface area contributed by atoms with Crippen molar-refractivity contribution in [1.29, 1.82) is 0 Å². The minimum absolute atomic E-state index is 0.693. The molecule has 2 aromatic heterocycles. The Labute approximate surface area is 306 Å². The molecule has 0 saturated carbocycles. The number of benzene rings is 9. The lowest BCUT2D eigenvalue weighted by atomic mass is 9.93. The summed E-state index contributed by atoms with van der Waals surface area (Å²) < 4.78 is 2.45. The third kappa shape index (κ3) is 4.61. The van der Waals surface area contributed by atoms with Crippen LogP contribution in [-0.4, -0.2) is 14.5 Å². The summed E-state index contributed by atoms with van der Waals surface area (Å²) in [6.45, 7) is 0. The van der Waals surface area contributed by atoms with E-state index >= 15 is 0 Å². The zero-order chi connectivity index (χ0) is 34.9. The van der Waals surface area contributed by atoms with Crippen LogP contribution in [0, 0.1) is 0 Å². The van der Waals surface area contributed by atoms with Crippen LogP contribution in [0.2, 0.25) is 0 Å². The smallest absolute Gasteiger partial charge is 0.160 e. The molecule has 0 amide bonds. The van der Waals surface area contributed by atoms with Crippen LogP contribution in [-0.2, 0) is 0 Å². The summed E-state index contributed by atoms with van der Waals surface area (Å²) in [6, 6.07) is 67.2. The molecule has 0 N–H and O–H groups in total.